The van der Waals surface area contributed by atoms with E-state index in [1.165, 1.54) is 5.56 Å². The standard InChI is InChI=1S/C22H21Cl2N3O/c23-18-7-4-8-19(22(18)24)26-21-10-9-16(13-25-21)14-27-11-12-28-20(15-27)17-5-2-1-3-6-17/h1-10,13,20H,11-12,14-15H2,(H,25,26). The summed E-state index contributed by atoms with van der Waals surface area (Å²) in [6.07, 6.45) is 2.02. The van der Waals surface area contributed by atoms with Crippen LogP contribution in [0.25, 0.3) is 0 Å². The third-order valence-electron chi connectivity index (χ3n) is 4.77. The van der Waals surface area contributed by atoms with Crippen molar-refractivity contribution in [3.63, 3.8) is 0 Å². The van der Waals surface area contributed by atoms with E-state index in [1.54, 1.807) is 6.07 Å². The zero-order valence-electron chi connectivity index (χ0n) is 15.3. The Labute approximate surface area is 175 Å². The quantitative estimate of drug-likeness (QED) is 0.581. The fraction of sp³-hybridized carbons (Fsp3) is 0.227. The third-order valence-corrected chi connectivity index (χ3v) is 5.59. The number of aromatic nitrogens is 1. The van der Waals surface area contributed by atoms with Crippen molar-refractivity contribution in [1.82, 2.24) is 9.88 Å². The molecule has 144 valence electrons. The van der Waals surface area contributed by atoms with Crippen molar-refractivity contribution in [2.24, 2.45) is 0 Å². The Bertz CT molecular complexity index is 919. The summed E-state index contributed by atoms with van der Waals surface area (Å²) >= 11 is 12.3. The maximum absolute atomic E-state index is 6.23. The molecule has 0 bridgehead atoms. The van der Waals surface area contributed by atoms with Crippen molar-refractivity contribution >= 4 is 34.7 Å². The van der Waals surface area contributed by atoms with E-state index in [4.69, 9.17) is 27.9 Å². The van der Waals surface area contributed by atoms with Crippen LogP contribution in [-0.2, 0) is 11.3 Å². The summed E-state index contributed by atoms with van der Waals surface area (Å²) in [7, 11) is 0. The van der Waals surface area contributed by atoms with Gasteiger partial charge in [-0.05, 0) is 29.3 Å². The second kappa shape index (κ2) is 8.93. The first-order valence-corrected chi connectivity index (χ1v) is 9.99. The molecule has 0 aliphatic carbocycles. The van der Waals surface area contributed by atoms with E-state index in [1.807, 2.05) is 30.5 Å². The number of hydrogen-bond acceptors (Lipinski definition) is 4. The Morgan fingerprint density at radius 2 is 1.89 bits per heavy atom. The predicted octanol–water partition coefficient (Wildman–Crippen LogP) is 5.71. The summed E-state index contributed by atoms with van der Waals surface area (Å²) in [6, 6.07) is 19.9. The molecule has 4 rings (SSSR count). The van der Waals surface area contributed by atoms with Crippen molar-refractivity contribution in [1.29, 1.82) is 0 Å². The molecule has 0 saturated carbocycles. The molecule has 0 amide bonds. The summed E-state index contributed by atoms with van der Waals surface area (Å²) in [5.74, 6) is 0.733. The number of anilines is 2. The van der Waals surface area contributed by atoms with Crippen LogP contribution in [0.4, 0.5) is 11.5 Å². The number of ether oxygens (including phenoxy) is 1. The highest BCUT2D eigenvalue weighted by atomic mass is 35.5. The first-order valence-electron chi connectivity index (χ1n) is 9.24. The van der Waals surface area contributed by atoms with Crippen LogP contribution in [0.3, 0.4) is 0 Å². The lowest BCUT2D eigenvalue weighted by atomic mass is 10.1. The zero-order valence-corrected chi connectivity index (χ0v) is 16.8. The lowest BCUT2D eigenvalue weighted by Crippen LogP contribution is -2.37. The van der Waals surface area contributed by atoms with Crippen LogP contribution in [0.1, 0.15) is 17.2 Å². The smallest absolute Gasteiger partial charge is 0.130 e. The van der Waals surface area contributed by atoms with Crippen LogP contribution in [0.5, 0.6) is 0 Å². The van der Waals surface area contributed by atoms with Gasteiger partial charge in [-0.2, -0.15) is 0 Å². The minimum atomic E-state index is 0.119. The van der Waals surface area contributed by atoms with E-state index in [-0.39, 0.29) is 6.10 Å². The SMILES string of the molecule is Clc1cccc(Nc2ccc(CN3CCOC(c4ccccc4)C3)cn2)c1Cl. The molecule has 1 N–H and O–H groups in total. The molecule has 1 aliphatic rings. The van der Waals surface area contributed by atoms with E-state index < -0.39 is 0 Å². The second-order valence-corrected chi connectivity index (χ2v) is 7.57. The largest absolute Gasteiger partial charge is 0.371 e. The van der Waals surface area contributed by atoms with Crippen LogP contribution >= 0.6 is 23.2 Å². The zero-order chi connectivity index (χ0) is 19.3. The van der Waals surface area contributed by atoms with Crippen LogP contribution < -0.4 is 5.32 Å². The number of rotatable bonds is 5. The van der Waals surface area contributed by atoms with Gasteiger partial charge in [0.1, 0.15) is 5.82 Å². The van der Waals surface area contributed by atoms with Gasteiger partial charge in [0, 0.05) is 25.8 Å². The highest BCUT2D eigenvalue weighted by Crippen LogP contribution is 2.31. The lowest BCUT2D eigenvalue weighted by Gasteiger charge is -2.33. The molecule has 3 aromatic rings. The number of morpholine rings is 1. The lowest BCUT2D eigenvalue weighted by molar-refractivity contribution is -0.0329. The van der Waals surface area contributed by atoms with Crippen molar-refractivity contribution in [3.8, 4) is 0 Å². The molecule has 2 heterocycles. The maximum atomic E-state index is 6.23. The highest BCUT2D eigenvalue weighted by Gasteiger charge is 2.21. The third kappa shape index (κ3) is 4.65. The van der Waals surface area contributed by atoms with Gasteiger partial charge in [0.15, 0.2) is 0 Å². The van der Waals surface area contributed by atoms with E-state index in [9.17, 15) is 0 Å². The second-order valence-electron chi connectivity index (χ2n) is 6.78. The van der Waals surface area contributed by atoms with Gasteiger partial charge in [0.25, 0.3) is 0 Å². The average molecular weight is 414 g/mol. The molecular formula is C22H21Cl2N3O. The van der Waals surface area contributed by atoms with Gasteiger partial charge in [-0.25, -0.2) is 4.98 Å². The fourth-order valence-corrected chi connectivity index (χ4v) is 3.65. The van der Waals surface area contributed by atoms with E-state index >= 15 is 0 Å². The average Bonchev–Trinajstić information content (AvgIpc) is 2.74. The van der Waals surface area contributed by atoms with Crippen molar-refractivity contribution < 1.29 is 4.74 Å². The van der Waals surface area contributed by atoms with Crippen molar-refractivity contribution in [3.05, 3.63) is 88.0 Å². The topological polar surface area (TPSA) is 37.4 Å². The summed E-state index contributed by atoms with van der Waals surface area (Å²) in [4.78, 5) is 6.92. The maximum Gasteiger partial charge on any atom is 0.130 e. The normalized spacial score (nSPS) is 17.4. The number of benzene rings is 2. The molecule has 1 fully saturated rings. The molecule has 1 saturated heterocycles. The molecular weight excluding hydrogens is 393 g/mol. The Morgan fingerprint density at radius 1 is 1.04 bits per heavy atom. The van der Waals surface area contributed by atoms with Crippen LogP contribution in [0.15, 0.2) is 66.9 Å². The van der Waals surface area contributed by atoms with Gasteiger partial charge in [0.2, 0.25) is 0 Å². The monoisotopic (exact) mass is 413 g/mol. The molecule has 4 nitrogen and oxygen atoms in total. The van der Waals surface area contributed by atoms with Gasteiger partial charge >= 0.3 is 0 Å². The number of nitrogens with zero attached hydrogens (tertiary/aromatic N) is 2. The number of pyridine rings is 1. The van der Waals surface area contributed by atoms with Crippen LogP contribution in [0.2, 0.25) is 10.0 Å². The highest BCUT2D eigenvalue weighted by molar-refractivity contribution is 6.43. The van der Waals surface area contributed by atoms with Gasteiger partial charge < -0.3 is 10.1 Å². The summed E-state index contributed by atoms with van der Waals surface area (Å²) < 4.78 is 5.95. The Balaban J connectivity index is 1.38. The molecule has 6 heteroatoms. The fourth-order valence-electron chi connectivity index (χ4n) is 3.30. The molecule has 2 aromatic carbocycles. The van der Waals surface area contributed by atoms with Gasteiger partial charge in [-0.1, -0.05) is 65.7 Å². The molecule has 1 aromatic heterocycles. The molecule has 28 heavy (non-hydrogen) atoms. The van der Waals surface area contributed by atoms with Crippen LogP contribution in [-0.4, -0.2) is 29.6 Å². The molecule has 0 spiro atoms. The Kier molecular flexibility index (Phi) is 6.13. The molecule has 1 unspecified atom stereocenters. The van der Waals surface area contributed by atoms with Gasteiger partial charge in [-0.15, -0.1) is 0 Å². The molecule has 0 radical (unpaired) electrons. The number of halogens is 2. The summed E-state index contributed by atoms with van der Waals surface area (Å²) in [6.45, 7) is 3.38. The van der Waals surface area contributed by atoms with E-state index in [0.717, 1.165) is 43.3 Å². The van der Waals surface area contributed by atoms with Gasteiger partial charge in [-0.3, -0.25) is 4.90 Å². The molecule has 1 atom stereocenters. The summed E-state index contributed by atoms with van der Waals surface area (Å²) in [5, 5.41) is 4.22. The predicted molar refractivity (Wildman–Crippen MR) is 114 cm³/mol. The summed E-state index contributed by atoms with van der Waals surface area (Å²) in [5.41, 5.74) is 3.13. The van der Waals surface area contributed by atoms with E-state index in [2.05, 4.69) is 45.5 Å². The van der Waals surface area contributed by atoms with Crippen molar-refractivity contribution in [2.75, 3.05) is 25.0 Å². The minimum Gasteiger partial charge on any atom is -0.371 e. The van der Waals surface area contributed by atoms with E-state index in [0.29, 0.717) is 10.0 Å². The first-order chi connectivity index (χ1) is 13.7. The van der Waals surface area contributed by atoms with Crippen LogP contribution in [0, 0.1) is 0 Å². The first kappa shape index (κ1) is 19.2. The van der Waals surface area contributed by atoms with Gasteiger partial charge in [0.05, 0.1) is 28.4 Å². The minimum absolute atomic E-state index is 0.119. The number of nitrogens with one attached hydrogen (secondary N) is 1. The van der Waals surface area contributed by atoms with Crippen molar-refractivity contribution in [2.45, 2.75) is 12.6 Å². The number of hydrogen-bond donors (Lipinski definition) is 1. The Morgan fingerprint density at radius 3 is 2.68 bits per heavy atom. The molecule has 1 aliphatic heterocycles. The Hall–Kier alpha value is -2.11.